The summed E-state index contributed by atoms with van der Waals surface area (Å²) in [7, 11) is 17.0. The van der Waals surface area contributed by atoms with Gasteiger partial charge in [-0.05, 0) is 117 Å². The minimum atomic E-state index is 0. The first-order valence-electron chi connectivity index (χ1n) is 13.9. The second-order valence-electron chi connectivity index (χ2n) is 8.64. The maximum Gasteiger partial charge on any atom is 0.100 e. The Hall–Kier alpha value is 5.50. The van der Waals surface area contributed by atoms with Crippen LogP contribution in [0.2, 0.25) is 0 Å². The fraction of sp³-hybridized carbons (Fsp3) is 1.00. The third-order valence-corrected chi connectivity index (χ3v) is 0. The van der Waals surface area contributed by atoms with E-state index in [9.17, 15) is 0 Å². The smallest absolute Gasteiger partial charge is 0.100 e. The molecule has 0 aliphatic heterocycles. The molecule has 0 radical (unpaired) electrons. The standard InChI is InChI=1S/2C4H12N.10C2H6S.4Fe/c2*1-5(2,3)4;10*1-2-3;;;;/h2*1-4H3;10*3H,2H2,1H3;;;;/q2*+1;;;;;;;;;;;;;;/p+2. The van der Waals surface area contributed by atoms with Crippen LogP contribution < -0.4 is 0 Å². The van der Waals surface area contributed by atoms with Crippen molar-refractivity contribution in [1.29, 1.82) is 0 Å². The Morgan fingerprint density at radius 2 is 0.295 bits per heavy atom. The molecule has 0 aromatic carbocycles. The zero-order valence-electron chi connectivity index (χ0n) is 32.0. The van der Waals surface area contributed by atoms with Gasteiger partial charge in [0.25, 0.3) is 0 Å². The maximum absolute atomic E-state index is 4.39. The molecular weight excluding hydrogens is 908 g/mol. The summed E-state index contributed by atoms with van der Waals surface area (Å²) < 4.78 is 2.00. The molecule has 0 amide bonds. The second-order valence-corrected chi connectivity index (χ2v) is 15.2. The molecule has 0 heterocycles. The van der Waals surface area contributed by atoms with Crippen molar-refractivity contribution in [3.63, 3.8) is 0 Å². The van der Waals surface area contributed by atoms with Gasteiger partial charge in [0.15, 0.2) is 0 Å². The molecule has 0 bridgehead atoms. The maximum atomic E-state index is 4.39. The van der Waals surface area contributed by atoms with E-state index in [4.69, 9.17) is 0 Å². The summed E-state index contributed by atoms with van der Waals surface area (Å²) in [6.07, 6.45) is 0. The van der Waals surface area contributed by atoms with Crippen molar-refractivity contribution in [1.82, 2.24) is 0 Å². The molecule has 0 aliphatic rings. The van der Waals surface area contributed by atoms with E-state index in [1.807, 2.05) is 69.2 Å². The topological polar surface area (TPSA) is 0 Å². The first-order valence-corrected chi connectivity index (χ1v) is 20.5. The number of quaternary nitrogens is 2. The summed E-state index contributed by atoms with van der Waals surface area (Å²) in [6.45, 7) is 20.0. The van der Waals surface area contributed by atoms with E-state index in [0.717, 1.165) is 66.5 Å². The van der Waals surface area contributed by atoms with Gasteiger partial charge in [0.05, 0.1) is 56.4 Å². The van der Waals surface area contributed by atoms with Gasteiger partial charge in [-0.25, -0.2) is 0 Å². The molecule has 16 heteroatoms. The molecule has 0 unspecified atom stereocenters. The Morgan fingerprint density at radius 1 is 0.295 bits per heavy atom. The van der Waals surface area contributed by atoms with Crippen LogP contribution in [-0.4, -0.2) is 123 Å². The molecule has 0 atom stereocenters. The number of nitrogens with zero attached hydrogens (tertiary/aromatic N) is 2. The summed E-state index contributed by atoms with van der Waals surface area (Å²) in [5.41, 5.74) is 0. The van der Waals surface area contributed by atoms with Crippen LogP contribution in [0.1, 0.15) is 69.2 Å². The van der Waals surface area contributed by atoms with E-state index in [1.54, 1.807) is 0 Å². The van der Waals surface area contributed by atoms with Crippen molar-refractivity contribution in [2.24, 2.45) is 0 Å². The van der Waals surface area contributed by atoms with E-state index in [2.05, 4.69) is 183 Å². The molecule has 44 heavy (non-hydrogen) atoms. The van der Waals surface area contributed by atoms with Gasteiger partial charge >= 0.3 is 0 Å². The van der Waals surface area contributed by atoms with Crippen LogP contribution in [0.15, 0.2) is 0 Å². The van der Waals surface area contributed by atoms with Crippen molar-refractivity contribution < 1.29 is 77.2 Å². The summed E-state index contributed by atoms with van der Waals surface area (Å²) in [5.74, 6) is 9.67. The molecule has 0 saturated carbocycles. The minimum absolute atomic E-state index is 0. The van der Waals surface area contributed by atoms with Gasteiger partial charge in [-0.1, -0.05) is 27.7 Å². The van der Waals surface area contributed by atoms with E-state index in [0.29, 0.717) is 0 Å². The SMILES string of the molecule is CC[S-].CC[S-].CC[S-].CC[S-].CC[SH2+].CC[SH2+].CC[SH2+].CC[SH2+].CC[SH2+].CC[SH2+].C[N+](C)(C)C.C[N+](C)(C)C.[Fe].[Fe].[Fe].[Fe]. The predicted molar refractivity (Wildman–Crippen MR) is 244 cm³/mol. The van der Waals surface area contributed by atoms with Crippen LogP contribution in [0.25, 0.3) is 0 Å². The molecule has 0 rings (SSSR count). The Balaban J connectivity index is -0.0000000139. The molecule has 0 aromatic rings. The number of hydrogen-bond donors (Lipinski definition) is 0. The fourth-order valence-electron chi connectivity index (χ4n) is 0. The van der Waals surface area contributed by atoms with Crippen LogP contribution in [0.4, 0.5) is 0 Å². The molecule has 296 valence electrons. The molecule has 0 aliphatic carbocycles. The van der Waals surface area contributed by atoms with Crippen LogP contribution in [0.3, 0.4) is 0 Å². The summed E-state index contributed by atoms with van der Waals surface area (Å²) in [6, 6.07) is 0. The Kier molecular flexibility index (Phi) is 341. The fourth-order valence-corrected chi connectivity index (χ4v) is 0. The van der Waals surface area contributed by atoms with Gasteiger partial charge in [0.1, 0.15) is 34.5 Å². The van der Waals surface area contributed by atoms with Crippen LogP contribution in [-0.2, 0) is 195 Å². The summed E-state index contributed by atoms with van der Waals surface area (Å²) in [5, 5.41) is 0. The Labute approximate surface area is 382 Å². The van der Waals surface area contributed by atoms with Crippen molar-refractivity contribution >= 4 is 126 Å². The quantitative estimate of drug-likeness (QED) is 0.159. The van der Waals surface area contributed by atoms with Crippen LogP contribution >= 0.6 is 0 Å². The average molecular weight is 995 g/mol. The molecule has 2 nitrogen and oxygen atoms in total. The van der Waals surface area contributed by atoms with Gasteiger partial charge in [0.2, 0.25) is 0 Å². The summed E-state index contributed by atoms with van der Waals surface area (Å²) >= 11 is 36.7. The largest absolute Gasteiger partial charge is 0.793 e. The first kappa shape index (κ1) is 104. The zero-order chi connectivity index (χ0) is 36.1. The van der Waals surface area contributed by atoms with E-state index < -0.39 is 0 Å². The third kappa shape index (κ3) is 3400. The zero-order valence-corrected chi connectivity index (χ0v) is 45.7. The minimum Gasteiger partial charge on any atom is -0.793 e. The monoisotopic (exact) mass is 994 g/mol. The van der Waals surface area contributed by atoms with Gasteiger partial charge in [-0.2, -0.15) is 23.0 Å². The third-order valence-electron chi connectivity index (χ3n) is 0. The average Bonchev–Trinajstić information content (AvgIpc) is 2.71. The normalized spacial score (nSPS) is 6.82. The molecule has 0 N–H and O–H groups in total. The second kappa shape index (κ2) is 145. The van der Waals surface area contributed by atoms with Gasteiger partial charge in [-0.3, -0.25) is 0 Å². The Bertz CT molecular complexity index is 182. The summed E-state index contributed by atoms with van der Waals surface area (Å²) in [4.78, 5) is 0. The van der Waals surface area contributed by atoms with Crippen molar-refractivity contribution in [3.05, 3.63) is 0 Å². The molecule has 0 fully saturated rings. The van der Waals surface area contributed by atoms with Crippen LogP contribution in [0.5, 0.6) is 0 Å². The van der Waals surface area contributed by atoms with E-state index >= 15 is 0 Å². The van der Waals surface area contributed by atoms with E-state index in [1.165, 1.54) is 0 Å². The first-order chi connectivity index (χ1) is 18.1. The van der Waals surface area contributed by atoms with Gasteiger partial charge < -0.3 is 59.5 Å². The predicted octanol–water partition coefficient (Wildman–Crippen LogP) is 2.95. The van der Waals surface area contributed by atoms with Gasteiger partial charge in [0, 0.05) is 68.3 Å². The number of rotatable bonds is 0. The molecule has 0 spiro atoms. The van der Waals surface area contributed by atoms with Crippen molar-refractivity contribution in [2.75, 3.05) is 114 Å². The van der Waals surface area contributed by atoms with Gasteiger partial charge in [-0.15, -0.1) is 0 Å². The van der Waals surface area contributed by atoms with Crippen LogP contribution in [0, 0.1) is 0 Å². The van der Waals surface area contributed by atoms with Crippen molar-refractivity contribution in [2.45, 2.75) is 69.2 Å². The molecule has 0 saturated heterocycles. The Morgan fingerprint density at radius 3 is 0.295 bits per heavy atom. The number of hydrogen-bond acceptors (Lipinski definition) is 4. The van der Waals surface area contributed by atoms with E-state index in [-0.39, 0.29) is 68.3 Å². The molecule has 0 aromatic heterocycles. The molecular formula is C28H86Fe4N2S10+4. The van der Waals surface area contributed by atoms with Crippen molar-refractivity contribution in [3.8, 4) is 0 Å².